The van der Waals surface area contributed by atoms with Crippen molar-refractivity contribution in [3.05, 3.63) is 93.9 Å². The molecule has 0 bridgehead atoms. The zero-order chi connectivity index (χ0) is 22.8. The molecule has 2 aromatic carbocycles. The van der Waals surface area contributed by atoms with Gasteiger partial charge in [-0.2, -0.15) is 0 Å². The van der Waals surface area contributed by atoms with Crippen molar-refractivity contribution in [3.8, 4) is 5.88 Å². The highest BCUT2D eigenvalue weighted by Crippen LogP contribution is 2.36. The van der Waals surface area contributed by atoms with E-state index >= 15 is 0 Å². The van der Waals surface area contributed by atoms with Gasteiger partial charge in [-0.05, 0) is 91.4 Å². The van der Waals surface area contributed by atoms with Gasteiger partial charge in [0.15, 0.2) is 0 Å². The number of piperidine rings is 1. The smallest absolute Gasteiger partial charge is 0.200 e. The second-order valence-electron chi connectivity index (χ2n) is 9.03. The fourth-order valence-electron chi connectivity index (χ4n) is 4.85. The summed E-state index contributed by atoms with van der Waals surface area (Å²) >= 11 is 12.6. The number of halogens is 2. The third kappa shape index (κ3) is 5.19. The molecule has 0 amide bonds. The Morgan fingerprint density at radius 3 is 2.30 bits per heavy atom. The van der Waals surface area contributed by atoms with E-state index in [0.717, 1.165) is 42.4 Å². The van der Waals surface area contributed by atoms with E-state index in [0.29, 0.717) is 22.5 Å². The summed E-state index contributed by atoms with van der Waals surface area (Å²) in [6.07, 6.45) is 9.10. The number of benzene rings is 2. The van der Waals surface area contributed by atoms with Crippen LogP contribution in [0.2, 0.25) is 10.0 Å². The van der Waals surface area contributed by atoms with E-state index in [9.17, 15) is 5.11 Å². The maximum absolute atomic E-state index is 10.8. The first-order valence-corrected chi connectivity index (χ1v) is 12.2. The highest BCUT2D eigenvalue weighted by Gasteiger charge is 2.21. The summed E-state index contributed by atoms with van der Waals surface area (Å²) in [7, 11) is 0. The number of aromatic hydroxyl groups is 1. The molecule has 33 heavy (non-hydrogen) atoms. The predicted molar refractivity (Wildman–Crippen MR) is 135 cm³/mol. The summed E-state index contributed by atoms with van der Waals surface area (Å²) in [5, 5.41) is 13.8. The molecule has 1 saturated heterocycles. The minimum Gasteiger partial charge on any atom is -0.494 e. The van der Waals surface area contributed by atoms with Gasteiger partial charge in [0.2, 0.25) is 5.88 Å². The molecule has 6 heteroatoms. The first kappa shape index (κ1) is 22.3. The maximum Gasteiger partial charge on any atom is 0.200 e. The lowest BCUT2D eigenvalue weighted by atomic mass is 9.89. The molecule has 4 nitrogen and oxygen atoms in total. The highest BCUT2D eigenvalue weighted by molar-refractivity contribution is 6.36. The Morgan fingerprint density at radius 1 is 0.879 bits per heavy atom. The van der Waals surface area contributed by atoms with E-state index in [1.807, 2.05) is 53.5 Å². The molecule has 1 aliphatic heterocycles. The van der Waals surface area contributed by atoms with Gasteiger partial charge in [0.05, 0.1) is 17.0 Å². The van der Waals surface area contributed by atoms with Gasteiger partial charge < -0.3 is 9.67 Å². The average molecular weight is 480 g/mol. The van der Waals surface area contributed by atoms with E-state index in [1.165, 1.54) is 24.0 Å². The van der Waals surface area contributed by atoms with Crippen molar-refractivity contribution < 1.29 is 5.11 Å². The lowest BCUT2D eigenvalue weighted by molar-refractivity contribution is 0.177. The van der Waals surface area contributed by atoms with Crippen LogP contribution in [0.25, 0.3) is 10.8 Å². The SMILES string of the molecule is Oc1c2c(Cl)cc(CC3CCN(Cc4ccncc4)CC3)cc2cn1Cc1ccc(Cl)cc1. The Hall–Kier alpha value is -2.53. The molecule has 1 fully saturated rings. The predicted octanol–water partition coefficient (Wildman–Crippen LogP) is 6.55. The standard InChI is InChI=1S/C27H27Cl2N3O/c28-24-3-1-20(2-4-24)17-32-18-23-14-22(15-25(29)26(23)27(32)33)13-19-7-11-31(12-8-19)16-21-5-9-30-10-6-21/h1-6,9-10,14-15,18-19,33H,7-8,11-13,16-17H2. The summed E-state index contributed by atoms with van der Waals surface area (Å²) in [6.45, 7) is 3.79. The Balaban J connectivity index is 1.26. The van der Waals surface area contributed by atoms with Gasteiger partial charge >= 0.3 is 0 Å². The highest BCUT2D eigenvalue weighted by atomic mass is 35.5. The van der Waals surface area contributed by atoms with Gasteiger partial charge in [0.25, 0.3) is 0 Å². The molecule has 0 unspecified atom stereocenters. The summed E-state index contributed by atoms with van der Waals surface area (Å²) in [4.78, 5) is 6.63. The van der Waals surface area contributed by atoms with Crippen molar-refractivity contribution in [2.45, 2.75) is 32.4 Å². The van der Waals surface area contributed by atoms with Gasteiger partial charge in [0, 0.05) is 35.5 Å². The molecule has 0 radical (unpaired) electrons. The zero-order valence-corrected chi connectivity index (χ0v) is 19.9. The molecule has 0 spiro atoms. The quantitative estimate of drug-likeness (QED) is 0.340. The maximum atomic E-state index is 10.8. The molecule has 170 valence electrons. The molecule has 0 saturated carbocycles. The van der Waals surface area contributed by atoms with E-state index < -0.39 is 0 Å². The van der Waals surface area contributed by atoms with Gasteiger partial charge in [-0.1, -0.05) is 35.3 Å². The summed E-state index contributed by atoms with van der Waals surface area (Å²) in [5.74, 6) is 0.859. The summed E-state index contributed by atoms with van der Waals surface area (Å²) in [5.41, 5.74) is 3.64. The number of aromatic nitrogens is 2. The third-order valence-electron chi connectivity index (χ3n) is 6.62. The molecular weight excluding hydrogens is 453 g/mol. The lowest BCUT2D eigenvalue weighted by Crippen LogP contribution is -2.33. The molecule has 3 heterocycles. The summed E-state index contributed by atoms with van der Waals surface area (Å²) < 4.78 is 1.85. The summed E-state index contributed by atoms with van der Waals surface area (Å²) in [6, 6.07) is 16.1. The number of fused-ring (bicyclic) bond motifs is 1. The second-order valence-corrected chi connectivity index (χ2v) is 9.87. The Morgan fingerprint density at radius 2 is 1.58 bits per heavy atom. The Kier molecular flexibility index (Phi) is 6.59. The fraction of sp³-hybridized carbons (Fsp3) is 0.296. The second kappa shape index (κ2) is 9.76. The molecule has 5 rings (SSSR count). The van der Waals surface area contributed by atoms with Crippen molar-refractivity contribution in [1.29, 1.82) is 0 Å². The van der Waals surface area contributed by atoms with Crippen molar-refractivity contribution in [1.82, 2.24) is 14.5 Å². The van der Waals surface area contributed by atoms with Gasteiger partial charge in [0.1, 0.15) is 0 Å². The Labute approximate surface area is 204 Å². The molecule has 4 aromatic rings. The van der Waals surface area contributed by atoms with Crippen molar-refractivity contribution >= 4 is 34.0 Å². The van der Waals surface area contributed by atoms with Gasteiger partial charge in [-0.15, -0.1) is 0 Å². The third-order valence-corrected chi connectivity index (χ3v) is 7.17. The zero-order valence-electron chi connectivity index (χ0n) is 18.4. The van der Waals surface area contributed by atoms with E-state index in [4.69, 9.17) is 23.2 Å². The Bertz CT molecular complexity index is 1230. The first-order chi connectivity index (χ1) is 16.0. The number of hydrogen-bond acceptors (Lipinski definition) is 3. The minimum absolute atomic E-state index is 0.209. The van der Waals surface area contributed by atoms with Crippen LogP contribution in [0.5, 0.6) is 5.88 Å². The normalized spacial score (nSPS) is 15.3. The number of rotatable bonds is 6. The molecule has 0 aliphatic carbocycles. The van der Waals surface area contributed by atoms with Crippen molar-refractivity contribution in [2.75, 3.05) is 13.1 Å². The average Bonchev–Trinajstić information content (AvgIpc) is 3.13. The van der Waals surface area contributed by atoms with Crippen molar-refractivity contribution in [3.63, 3.8) is 0 Å². The van der Waals surface area contributed by atoms with Crippen LogP contribution in [0.1, 0.15) is 29.5 Å². The van der Waals surface area contributed by atoms with Gasteiger partial charge in [-0.3, -0.25) is 9.88 Å². The van der Waals surface area contributed by atoms with E-state index in [2.05, 4.69) is 28.1 Å². The minimum atomic E-state index is 0.209. The fourth-order valence-corrected chi connectivity index (χ4v) is 5.31. The van der Waals surface area contributed by atoms with Crippen molar-refractivity contribution in [2.24, 2.45) is 5.92 Å². The van der Waals surface area contributed by atoms with Crippen LogP contribution in [0.15, 0.2) is 67.1 Å². The van der Waals surface area contributed by atoms with Crippen LogP contribution >= 0.6 is 23.2 Å². The van der Waals surface area contributed by atoms with Crippen LogP contribution < -0.4 is 0 Å². The molecule has 2 aromatic heterocycles. The van der Waals surface area contributed by atoms with E-state index in [-0.39, 0.29) is 5.88 Å². The molecule has 1 N–H and O–H groups in total. The topological polar surface area (TPSA) is 41.3 Å². The van der Waals surface area contributed by atoms with Crippen LogP contribution in [-0.4, -0.2) is 32.6 Å². The number of pyridine rings is 1. The van der Waals surface area contributed by atoms with Gasteiger partial charge in [-0.25, -0.2) is 0 Å². The van der Waals surface area contributed by atoms with Crippen LogP contribution in [0, 0.1) is 5.92 Å². The molecule has 0 atom stereocenters. The number of hydrogen-bond donors (Lipinski definition) is 1. The number of likely N-dealkylation sites (tertiary alicyclic amines) is 1. The largest absolute Gasteiger partial charge is 0.494 e. The molecular formula is C27H27Cl2N3O. The molecule has 1 aliphatic rings. The number of nitrogens with zero attached hydrogens (tertiary/aromatic N) is 3. The van der Waals surface area contributed by atoms with Crippen LogP contribution in [-0.2, 0) is 19.5 Å². The monoisotopic (exact) mass is 479 g/mol. The lowest BCUT2D eigenvalue weighted by Gasteiger charge is -2.32. The van der Waals surface area contributed by atoms with Crippen LogP contribution in [0.4, 0.5) is 0 Å². The van der Waals surface area contributed by atoms with E-state index in [1.54, 1.807) is 0 Å². The van der Waals surface area contributed by atoms with Crippen LogP contribution in [0.3, 0.4) is 0 Å². The first-order valence-electron chi connectivity index (χ1n) is 11.4.